The minimum absolute atomic E-state index is 0.146. The predicted molar refractivity (Wildman–Crippen MR) is 107 cm³/mol. The number of nitrogens with one attached hydrogen (secondary N) is 2. The van der Waals surface area contributed by atoms with E-state index in [2.05, 4.69) is 43.4 Å². The minimum Gasteiger partial charge on any atom is -0.484 e. The highest BCUT2D eigenvalue weighted by Crippen LogP contribution is 2.19. The fraction of sp³-hybridized carbons (Fsp3) is 0.429. The molecular weight excluding hydrogens is 358 g/mol. The Morgan fingerprint density at radius 3 is 2.54 bits per heavy atom. The predicted octanol–water partition coefficient (Wildman–Crippen LogP) is 3.08. The molecule has 0 saturated carbocycles. The van der Waals surface area contributed by atoms with Gasteiger partial charge in [-0.3, -0.25) is 25.3 Å². The van der Waals surface area contributed by atoms with Crippen LogP contribution in [0.3, 0.4) is 0 Å². The van der Waals surface area contributed by atoms with E-state index in [9.17, 15) is 9.59 Å². The van der Waals surface area contributed by atoms with Crippen molar-refractivity contribution in [2.45, 2.75) is 40.2 Å². The SMILES string of the molecule is CCN(CC)Cc1ccc(C(=O)NNC(=O)COc2cccc(C(C)C)c2)o1. The molecule has 0 unspecified atom stereocenters. The number of ether oxygens (including phenoxy) is 1. The third-order valence-electron chi connectivity index (χ3n) is 4.37. The number of furan rings is 1. The third kappa shape index (κ3) is 6.42. The first-order valence-corrected chi connectivity index (χ1v) is 9.55. The number of carbonyl (C=O) groups is 2. The fourth-order valence-electron chi connectivity index (χ4n) is 2.59. The summed E-state index contributed by atoms with van der Waals surface area (Å²) in [6.07, 6.45) is 0. The summed E-state index contributed by atoms with van der Waals surface area (Å²) in [7, 11) is 0. The molecule has 2 aromatic rings. The van der Waals surface area contributed by atoms with Crippen LogP contribution in [0.4, 0.5) is 0 Å². The first kappa shape index (κ1) is 21.5. The maximum Gasteiger partial charge on any atom is 0.305 e. The van der Waals surface area contributed by atoms with Gasteiger partial charge < -0.3 is 9.15 Å². The molecule has 28 heavy (non-hydrogen) atoms. The Bertz CT molecular complexity index is 781. The second-order valence-electron chi connectivity index (χ2n) is 6.75. The zero-order chi connectivity index (χ0) is 20.5. The fourth-order valence-corrected chi connectivity index (χ4v) is 2.59. The highest BCUT2D eigenvalue weighted by molar-refractivity contribution is 5.93. The van der Waals surface area contributed by atoms with E-state index in [4.69, 9.17) is 9.15 Å². The minimum atomic E-state index is -0.513. The summed E-state index contributed by atoms with van der Waals surface area (Å²) in [5.41, 5.74) is 5.79. The lowest BCUT2D eigenvalue weighted by atomic mass is 10.0. The van der Waals surface area contributed by atoms with Crippen molar-refractivity contribution in [3.8, 4) is 5.75 Å². The summed E-state index contributed by atoms with van der Waals surface area (Å²) in [6, 6.07) is 10.9. The lowest BCUT2D eigenvalue weighted by Gasteiger charge is -2.15. The summed E-state index contributed by atoms with van der Waals surface area (Å²) in [6.45, 7) is 10.5. The Balaban J connectivity index is 1.78. The van der Waals surface area contributed by atoms with Crippen LogP contribution in [0.1, 0.15) is 55.5 Å². The first-order chi connectivity index (χ1) is 13.4. The summed E-state index contributed by atoms with van der Waals surface area (Å²) >= 11 is 0. The Morgan fingerprint density at radius 1 is 1.11 bits per heavy atom. The maximum absolute atomic E-state index is 12.1. The number of benzene rings is 1. The molecule has 2 amide bonds. The standard InChI is InChI=1S/C21H29N3O4/c1-5-24(6-2)13-18-10-11-19(28-18)21(26)23-22-20(25)14-27-17-9-7-8-16(12-17)15(3)4/h7-12,15H,5-6,13-14H2,1-4H3,(H,22,25)(H,23,26). The molecule has 1 heterocycles. The van der Waals surface area contributed by atoms with Crippen molar-refractivity contribution >= 4 is 11.8 Å². The molecule has 7 heteroatoms. The highest BCUT2D eigenvalue weighted by atomic mass is 16.5. The van der Waals surface area contributed by atoms with Gasteiger partial charge in [-0.05, 0) is 48.8 Å². The number of hydrazine groups is 1. The van der Waals surface area contributed by atoms with E-state index in [1.807, 2.05) is 18.2 Å². The van der Waals surface area contributed by atoms with Crippen molar-refractivity contribution in [2.24, 2.45) is 0 Å². The van der Waals surface area contributed by atoms with Gasteiger partial charge in [0.1, 0.15) is 11.5 Å². The molecule has 152 valence electrons. The van der Waals surface area contributed by atoms with Crippen LogP contribution in [0.25, 0.3) is 0 Å². The Labute approximate surface area is 166 Å². The highest BCUT2D eigenvalue weighted by Gasteiger charge is 2.14. The summed E-state index contributed by atoms with van der Waals surface area (Å²) < 4.78 is 11.0. The van der Waals surface area contributed by atoms with E-state index in [1.54, 1.807) is 18.2 Å². The van der Waals surface area contributed by atoms with Gasteiger partial charge in [-0.25, -0.2) is 0 Å². The van der Waals surface area contributed by atoms with Crippen LogP contribution >= 0.6 is 0 Å². The van der Waals surface area contributed by atoms with Crippen LogP contribution in [-0.4, -0.2) is 36.4 Å². The lowest BCUT2D eigenvalue weighted by molar-refractivity contribution is -0.123. The van der Waals surface area contributed by atoms with Crippen LogP contribution < -0.4 is 15.6 Å². The second-order valence-corrected chi connectivity index (χ2v) is 6.75. The molecule has 2 rings (SSSR count). The van der Waals surface area contributed by atoms with E-state index in [1.165, 1.54) is 0 Å². The van der Waals surface area contributed by atoms with Gasteiger partial charge in [0.25, 0.3) is 5.91 Å². The van der Waals surface area contributed by atoms with E-state index < -0.39 is 11.8 Å². The topological polar surface area (TPSA) is 83.8 Å². The number of hydrogen-bond donors (Lipinski definition) is 2. The summed E-state index contributed by atoms with van der Waals surface area (Å²) in [4.78, 5) is 26.2. The van der Waals surface area contributed by atoms with Gasteiger partial charge in [0.05, 0.1) is 6.54 Å². The largest absolute Gasteiger partial charge is 0.484 e. The second kappa shape index (κ2) is 10.5. The number of nitrogens with zero attached hydrogens (tertiary/aromatic N) is 1. The number of hydrogen-bond acceptors (Lipinski definition) is 5. The van der Waals surface area contributed by atoms with E-state index in [0.717, 1.165) is 18.7 Å². The molecule has 1 aromatic heterocycles. The smallest absolute Gasteiger partial charge is 0.305 e. The van der Waals surface area contributed by atoms with E-state index in [-0.39, 0.29) is 12.4 Å². The Hall–Kier alpha value is -2.80. The molecule has 0 spiro atoms. The average Bonchev–Trinajstić information content (AvgIpc) is 3.17. The molecule has 0 fully saturated rings. The molecule has 0 aliphatic carbocycles. The van der Waals surface area contributed by atoms with Gasteiger partial charge in [0.15, 0.2) is 12.4 Å². The van der Waals surface area contributed by atoms with Gasteiger partial charge in [-0.1, -0.05) is 39.8 Å². The van der Waals surface area contributed by atoms with Crippen LogP contribution in [0.15, 0.2) is 40.8 Å². The molecule has 0 atom stereocenters. The first-order valence-electron chi connectivity index (χ1n) is 9.55. The Kier molecular flexibility index (Phi) is 8.07. The zero-order valence-corrected chi connectivity index (χ0v) is 17.0. The molecule has 0 saturated heterocycles. The van der Waals surface area contributed by atoms with Crippen molar-refractivity contribution in [2.75, 3.05) is 19.7 Å². The normalized spacial score (nSPS) is 10.9. The molecular formula is C21H29N3O4. The van der Waals surface area contributed by atoms with Crippen molar-refractivity contribution in [1.82, 2.24) is 15.8 Å². The van der Waals surface area contributed by atoms with Gasteiger partial charge in [-0.2, -0.15) is 0 Å². The summed E-state index contributed by atoms with van der Waals surface area (Å²) in [5.74, 6) is 0.858. The van der Waals surface area contributed by atoms with E-state index >= 15 is 0 Å². The van der Waals surface area contributed by atoms with Crippen molar-refractivity contribution < 1.29 is 18.7 Å². The van der Waals surface area contributed by atoms with Crippen molar-refractivity contribution in [3.63, 3.8) is 0 Å². The van der Waals surface area contributed by atoms with Crippen LogP contribution in [0.2, 0.25) is 0 Å². The Morgan fingerprint density at radius 2 is 1.86 bits per heavy atom. The van der Waals surface area contributed by atoms with Crippen LogP contribution in [0.5, 0.6) is 5.75 Å². The van der Waals surface area contributed by atoms with Crippen molar-refractivity contribution in [3.05, 3.63) is 53.5 Å². The molecule has 0 aliphatic heterocycles. The third-order valence-corrected chi connectivity index (χ3v) is 4.37. The molecule has 0 bridgehead atoms. The van der Waals surface area contributed by atoms with Gasteiger partial charge >= 0.3 is 5.91 Å². The molecule has 0 radical (unpaired) electrons. The molecule has 7 nitrogen and oxygen atoms in total. The van der Waals surface area contributed by atoms with Crippen LogP contribution in [0, 0.1) is 0 Å². The monoisotopic (exact) mass is 387 g/mol. The van der Waals surface area contributed by atoms with Gasteiger partial charge in [-0.15, -0.1) is 0 Å². The van der Waals surface area contributed by atoms with Gasteiger partial charge in [0, 0.05) is 0 Å². The number of rotatable bonds is 9. The van der Waals surface area contributed by atoms with Gasteiger partial charge in [0.2, 0.25) is 0 Å². The van der Waals surface area contributed by atoms with E-state index in [0.29, 0.717) is 24.0 Å². The number of amides is 2. The lowest BCUT2D eigenvalue weighted by Crippen LogP contribution is -2.43. The molecule has 0 aliphatic rings. The molecule has 2 N–H and O–H groups in total. The summed E-state index contributed by atoms with van der Waals surface area (Å²) in [5, 5.41) is 0. The maximum atomic E-state index is 12.1. The molecule has 1 aromatic carbocycles. The quantitative estimate of drug-likeness (QED) is 0.646. The average molecular weight is 387 g/mol. The van der Waals surface area contributed by atoms with Crippen molar-refractivity contribution in [1.29, 1.82) is 0 Å². The van der Waals surface area contributed by atoms with Crippen LogP contribution in [-0.2, 0) is 11.3 Å². The zero-order valence-electron chi connectivity index (χ0n) is 17.0. The number of carbonyl (C=O) groups excluding carboxylic acids is 2.